The van der Waals surface area contributed by atoms with E-state index in [2.05, 4.69) is 31.7 Å². The number of aromatic nitrogens is 2. The Kier molecular flexibility index (Phi) is 8.09. The zero-order chi connectivity index (χ0) is 26.4. The van der Waals surface area contributed by atoms with E-state index in [9.17, 15) is 19.7 Å². The third-order valence-corrected chi connectivity index (χ3v) is 6.23. The molecule has 0 aliphatic carbocycles. The Bertz CT molecular complexity index is 1440. The van der Waals surface area contributed by atoms with Crippen LogP contribution in [0.2, 0.25) is 0 Å². The molecule has 188 valence electrons. The lowest BCUT2D eigenvalue weighted by Crippen LogP contribution is -2.47. The molecule has 0 radical (unpaired) electrons. The number of benzene rings is 3. The van der Waals surface area contributed by atoms with Gasteiger partial charge in [-0.05, 0) is 29.3 Å². The summed E-state index contributed by atoms with van der Waals surface area (Å²) in [5.41, 5.74) is 2.87. The van der Waals surface area contributed by atoms with Crippen LogP contribution in [0.15, 0.2) is 89.4 Å². The van der Waals surface area contributed by atoms with Crippen LogP contribution in [0.1, 0.15) is 21.6 Å². The van der Waals surface area contributed by atoms with Crippen LogP contribution in [0, 0.1) is 10.1 Å². The van der Waals surface area contributed by atoms with Crippen LogP contribution in [-0.2, 0) is 17.8 Å². The molecule has 9 nitrogen and oxygen atoms in total. The van der Waals surface area contributed by atoms with E-state index in [-0.39, 0.29) is 23.7 Å². The Hall–Kier alpha value is -4.31. The number of likely N-dealkylation sites (N-methyl/N-ethyl adjacent to an activating group) is 1. The van der Waals surface area contributed by atoms with E-state index in [4.69, 9.17) is 0 Å². The number of amides is 2. The van der Waals surface area contributed by atoms with Crippen molar-refractivity contribution in [1.82, 2.24) is 20.4 Å². The van der Waals surface area contributed by atoms with Gasteiger partial charge < -0.3 is 10.6 Å². The molecule has 0 aliphatic heterocycles. The summed E-state index contributed by atoms with van der Waals surface area (Å²) < 4.78 is 2.41. The van der Waals surface area contributed by atoms with Crippen molar-refractivity contribution in [1.29, 1.82) is 0 Å². The van der Waals surface area contributed by atoms with Crippen LogP contribution in [-0.4, -0.2) is 39.6 Å². The standard InChI is InChI=1S/C27H24BrN5O4/c1-29-26(34)24(14-19-9-5-11-21(28)13-19)30-27(35)25-16-23(20-10-6-12-22(15-20)33(36)37)31-32(25)17-18-7-3-2-4-8-18/h2-13,15-16,24H,14,17H2,1H3,(H,29,34)(H,30,35)/t24-/m0/s1. The monoisotopic (exact) mass is 561 g/mol. The number of nitro benzene ring substituents is 1. The van der Waals surface area contributed by atoms with Crippen molar-refractivity contribution in [2.24, 2.45) is 0 Å². The van der Waals surface area contributed by atoms with E-state index in [0.29, 0.717) is 17.8 Å². The van der Waals surface area contributed by atoms with Crippen molar-refractivity contribution in [3.8, 4) is 11.3 Å². The van der Waals surface area contributed by atoms with E-state index >= 15 is 0 Å². The minimum atomic E-state index is -0.826. The van der Waals surface area contributed by atoms with Crippen molar-refractivity contribution in [3.05, 3.63) is 116 Å². The van der Waals surface area contributed by atoms with Gasteiger partial charge in [-0.25, -0.2) is 0 Å². The summed E-state index contributed by atoms with van der Waals surface area (Å²) in [6, 6.07) is 23.9. The van der Waals surface area contributed by atoms with Crippen molar-refractivity contribution < 1.29 is 14.5 Å². The van der Waals surface area contributed by atoms with Crippen LogP contribution in [0.3, 0.4) is 0 Å². The summed E-state index contributed by atoms with van der Waals surface area (Å²) >= 11 is 3.43. The second-order valence-corrected chi connectivity index (χ2v) is 9.26. The highest BCUT2D eigenvalue weighted by molar-refractivity contribution is 9.10. The van der Waals surface area contributed by atoms with Crippen LogP contribution in [0.25, 0.3) is 11.3 Å². The zero-order valence-corrected chi connectivity index (χ0v) is 21.5. The van der Waals surface area contributed by atoms with Gasteiger partial charge in [0.25, 0.3) is 11.6 Å². The molecule has 10 heteroatoms. The average Bonchev–Trinajstić information content (AvgIpc) is 3.32. The molecule has 4 rings (SSSR count). The highest BCUT2D eigenvalue weighted by Gasteiger charge is 2.24. The van der Waals surface area contributed by atoms with E-state index in [0.717, 1.165) is 15.6 Å². The molecule has 0 saturated heterocycles. The highest BCUT2D eigenvalue weighted by Crippen LogP contribution is 2.24. The summed E-state index contributed by atoms with van der Waals surface area (Å²) in [6.07, 6.45) is 0.287. The molecule has 1 atom stereocenters. The fourth-order valence-electron chi connectivity index (χ4n) is 3.91. The quantitative estimate of drug-likeness (QED) is 0.232. The summed E-state index contributed by atoms with van der Waals surface area (Å²) in [5.74, 6) is -0.815. The first-order chi connectivity index (χ1) is 17.8. The normalized spacial score (nSPS) is 11.5. The van der Waals surface area contributed by atoms with E-state index in [1.807, 2.05) is 54.6 Å². The average molecular weight is 562 g/mol. The number of halogens is 1. The fourth-order valence-corrected chi connectivity index (χ4v) is 4.36. The van der Waals surface area contributed by atoms with E-state index in [1.54, 1.807) is 22.9 Å². The SMILES string of the molecule is CNC(=O)[C@H](Cc1cccc(Br)c1)NC(=O)c1cc(-c2cccc([N+](=O)[O-])c2)nn1Cc1ccccc1. The van der Waals surface area contributed by atoms with Gasteiger partial charge in [0.05, 0.1) is 17.2 Å². The molecular formula is C27H24BrN5O4. The topological polar surface area (TPSA) is 119 Å². The first-order valence-corrected chi connectivity index (χ1v) is 12.3. The Labute approximate surface area is 221 Å². The predicted molar refractivity (Wildman–Crippen MR) is 143 cm³/mol. The van der Waals surface area contributed by atoms with E-state index < -0.39 is 16.9 Å². The zero-order valence-electron chi connectivity index (χ0n) is 19.9. The molecule has 3 aromatic carbocycles. The van der Waals surface area contributed by atoms with Gasteiger partial charge in [0.2, 0.25) is 5.91 Å². The second-order valence-electron chi connectivity index (χ2n) is 8.34. The number of hydrogen-bond donors (Lipinski definition) is 2. The third kappa shape index (κ3) is 6.47. The van der Waals surface area contributed by atoms with Crippen molar-refractivity contribution in [2.45, 2.75) is 19.0 Å². The first kappa shape index (κ1) is 25.8. The Morgan fingerprint density at radius 1 is 1.00 bits per heavy atom. The fraction of sp³-hybridized carbons (Fsp3) is 0.148. The van der Waals surface area contributed by atoms with Gasteiger partial charge in [0.1, 0.15) is 11.7 Å². The minimum Gasteiger partial charge on any atom is -0.357 e. The largest absolute Gasteiger partial charge is 0.357 e. The molecule has 0 spiro atoms. The summed E-state index contributed by atoms with van der Waals surface area (Å²) in [6.45, 7) is 0.300. The molecule has 4 aromatic rings. The van der Waals surface area contributed by atoms with Crippen LogP contribution in [0.4, 0.5) is 5.69 Å². The summed E-state index contributed by atoms with van der Waals surface area (Å²) in [4.78, 5) is 36.9. The third-order valence-electron chi connectivity index (χ3n) is 5.74. The van der Waals surface area contributed by atoms with Gasteiger partial charge in [-0.1, -0.05) is 70.5 Å². The van der Waals surface area contributed by atoms with Crippen LogP contribution < -0.4 is 10.6 Å². The number of carbonyl (C=O) groups excluding carboxylic acids is 2. The maximum absolute atomic E-state index is 13.5. The lowest BCUT2D eigenvalue weighted by atomic mass is 10.0. The van der Waals surface area contributed by atoms with Crippen molar-refractivity contribution >= 4 is 33.4 Å². The van der Waals surface area contributed by atoms with Crippen molar-refractivity contribution in [3.63, 3.8) is 0 Å². The number of nitrogens with one attached hydrogen (secondary N) is 2. The molecule has 0 fully saturated rings. The molecule has 2 N–H and O–H groups in total. The molecule has 1 heterocycles. The molecule has 0 unspecified atom stereocenters. The number of rotatable bonds is 9. The smallest absolute Gasteiger partial charge is 0.270 e. The molecule has 37 heavy (non-hydrogen) atoms. The van der Waals surface area contributed by atoms with Gasteiger partial charge >= 0.3 is 0 Å². The number of nitrogens with zero attached hydrogens (tertiary/aromatic N) is 3. The van der Waals surface area contributed by atoms with Gasteiger partial charge in [0, 0.05) is 35.6 Å². The van der Waals surface area contributed by atoms with Crippen LogP contribution >= 0.6 is 15.9 Å². The van der Waals surface area contributed by atoms with Gasteiger partial charge in [0.15, 0.2) is 0 Å². The molecule has 0 saturated carbocycles. The van der Waals surface area contributed by atoms with Gasteiger partial charge in [-0.3, -0.25) is 24.4 Å². The predicted octanol–water partition coefficient (Wildman–Crippen LogP) is 4.36. The molecular weight excluding hydrogens is 538 g/mol. The number of hydrogen-bond acceptors (Lipinski definition) is 5. The Morgan fingerprint density at radius 3 is 2.43 bits per heavy atom. The second kappa shape index (κ2) is 11.6. The maximum atomic E-state index is 13.5. The minimum absolute atomic E-state index is 0.0742. The number of nitro groups is 1. The van der Waals surface area contributed by atoms with Crippen molar-refractivity contribution in [2.75, 3.05) is 7.05 Å². The Morgan fingerprint density at radius 2 is 1.73 bits per heavy atom. The number of non-ortho nitro benzene ring substituents is 1. The highest BCUT2D eigenvalue weighted by atomic mass is 79.9. The molecule has 0 bridgehead atoms. The van der Waals surface area contributed by atoms with Crippen LogP contribution in [0.5, 0.6) is 0 Å². The Balaban J connectivity index is 1.68. The molecule has 1 aromatic heterocycles. The van der Waals surface area contributed by atoms with E-state index in [1.165, 1.54) is 19.2 Å². The first-order valence-electron chi connectivity index (χ1n) is 11.5. The maximum Gasteiger partial charge on any atom is 0.270 e. The summed E-state index contributed by atoms with van der Waals surface area (Å²) in [5, 5.41) is 21.3. The lowest BCUT2D eigenvalue weighted by molar-refractivity contribution is -0.384. The van der Waals surface area contributed by atoms with Gasteiger partial charge in [-0.15, -0.1) is 0 Å². The summed E-state index contributed by atoms with van der Waals surface area (Å²) in [7, 11) is 1.52. The van der Waals surface area contributed by atoms with Gasteiger partial charge in [-0.2, -0.15) is 5.10 Å². The molecule has 0 aliphatic rings. The lowest BCUT2D eigenvalue weighted by Gasteiger charge is -2.18. The molecule has 2 amide bonds. The number of carbonyl (C=O) groups is 2.